The van der Waals surface area contributed by atoms with Crippen LogP contribution in [0.5, 0.6) is 0 Å². The monoisotopic (exact) mass is 250 g/mol. The Bertz CT molecular complexity index is 366. The number of hydrogen-bond donors (Lipinski definition) is 1. The molecule has 0 radical (unpaired) electrons. The first-order valence-electron chi connectivity index (χ1n) is 6.55. The van der Waals surface area contributed by atoms with Crippen LogP contribution in [0, 0.1) is 5.92 Å². The fraction of sp³-hybridized carbons (Fsp3) is 0.571. The van der Waals surface area contributed by atoms with Crippen molar-refractivity contribution in [3.05, 3.63) is 34.9 Å². The van der Waals surface area contributed by atoms with Crippen molar-refractivity contribution >= 4 is 11.6 Å². The molecule has 1 N–H and O–H groups in total. The molecule has 17 heavy (non-hydrogen) atoms. The molecule has 1 saturated heterocycles. The number of piperazine rings is 1. The number of halogens is 1. The molecule has 1 atom stereocenters. The molecule has 92 valence electrons. The van der Waals surface area contributed by atoms with E-state index in [0.717, 1.165) is 24.0 Å². The third-order valence-electron chi connectivity index (χ3n) is 3.83. The van der Waals surface area contributed by atoms with Crippen molar-refractivity contribution in [3.8, 4) is 0 Å². The van der Waals surface area contributed by atoms with Gasteiger partial charge in [0, 0.05) is 37.2 Å². The molecule has 0 bridgehead atoms. The predicted molar refractivity (Wildman–Crippen MR) is 71.4 cm³/mol. The van der Waals surface area contributed by atoms with Crippen LogP contribution in [0.1, 0.15) is 24.4 Å². The van der Waals surface area contributed by atoms with Crippen molar-refractivity contribution in [3.63, 3.8) is 0 Å². The lowest BCUT2D eigenvalue weighted by Gasteiger charge is -2.35. The Kier molecular flexibility index (Phi) is 3.37. The smallest absolute Gasteiger partial charge is 0.0406 e. The number of rotatable bonds is 3. The first kappa shape index (κ1) is 11.5. The molecule has 1 aliphatic heterocycles. The SMILES string of the molecule is Clc1ccc([C@H](C2CC2)N2CCNCC2)cc1. The van der Waals surface area contributed by atoms with Gasteiger partial charge in [-0.15, -0.1) is 0 Å². The van der Waals surface area contributed by atoms with E-state index in [4.69, 9.17) is 11.6 Å². The Morgan fingerprint density at radius 1 is 1.12 bits per heavy atom. The van der Waals surface area contributed by atoms with E-state index in [1.807, 2.05) is 12.1 Å². The van der Waals surface area contributed by atoms with E-state index in [2.05, 4.69) is 22.3 Å². The molecule has 1 heterocycles. The molecule has 2 nitrogen and oxygen atoms in total. The van der Waals surface area contributed by atoms with Crippen LogP contribution in [-0.4, -0.2) is 31.1 Å². The lowest BCUT2D eigenvalue weighted by Crippen LogP contribution is -2.45. The van der Waals surface area contributed by atoms with Crippen molar-refractivity contribution in [2.75, 3.05) is 26.2 Å². The van der Waals surface area contributed by atoms with E-state index < -0.39 is 0 Å². The summed E-state index contributed by atoms with van der Waals surface area (Å²) in [6.07, 6.45) is 2.77. The van der Waals surface area contributed by atoms with Crippen LogP contribution >= 0.6 is 11.6 Å². The maximum atomic E-state index is 5.97. The number of nitrogens with zero attached hydrogens (tertiary/aromatic N) is 1. The van der Waals surface area contributed by atoms with Crippen LogP contribution in [0.15, 0.2) is 24.3 Å². The predicted octanol–water partition coefficient (Wildman–Crippen LogP) is 2.70. The number of benzene rings is 1. The maximum Gasteiger partial charge on any atom is 0.0406 e. The zero-order chi connectivity index (χ0) is 11.7. The van der Waals surface area contributed by atoms with Gasteiger partial charge in [-0.05, 0) is 36.5 Å². The second-order valence-corrected chi connectivity index (χ2v) is 5.56. The molecule has 3 rings (SSSR count). The summed E-state index contributed by atoms with van der Waals surface area (Å²) in [5.74, 6) is 0.870. The fourth-order valence-corrected chi connectivity index (χ4v) is 2.94. The molecule has 2 fully saturated rings. The van der Waals surface area contributed by atoms with Crippen molar-refractivity contribution in [2.45, 2.75) is 18.9 Å². The van der Waals surface area contributed by atoms with Gasteiger partial charge in [0.25, 0.3) is 0 Å². The second-order valence-electron chi connectivity index (χ2n) is 5.12. The molecular formula is C14H19ClN2. The summed E-state index contributed by atoms with van der Waals surface area (Å²) in [4.78, 5) is 2.64. The van der Waals surface area contributed by atoms with Gasteiger partial charge < -0.3 is 5.32 Å². The molecule has 0 amide bonds. The first-order chi connectivity index (χ1) is 8.34. The maximum absolute atomic E-state index is 5.97. The molecule has 0 aromatic heterocycles. The highest BCUT2D eigenvalue weighted by Gasteiger charge is 2.36. The Morgan fingerprint density at radius 3 is 2.35 bits per heavy atom. The minimum absolute atomic E-state index is 0.620. The van der Waals surface area contributed by atoms with Crippen molar-refractivity contribution < 1.29 is 0 Å². The Morgan fingerprint density at radius 2 is 1.76 bits per heavy atom. The molecule has 1 aliphatic carbocycles. The minimum atomic E-state index is 0.620. The van der Waals surface area contributed by atoms with Crippen LogP contribution in [0.3, 0.4) is 0 Å². The van der Waals surface area contributed by atoms with Crippen LogP contribution in [-0.2, 0) is 0 Å². The van der Waals surface area contributed by atoms with Crippen molar-refractivity contribution in [1.82, 2.24) is 10.2 Å². The van der Waals surface area contributed by atoms with Gasteiger partial charge in [0.15, 0.2) is 0 Å². The molecule has 1 saturated carbocycles. The largest absolute Gasteiger partial charge is 0.314 e. The van der Waals surface area contributed by atoms with E-state index in [9.17, 15) is 0 Å². The molecule has 1 aromatic carbocycles. The van der Waals surface area contributed by atoms with Gasteiger partial charge in [-0.3, -0.25) is 4.90 Å². The lowest BCUT2D eigenvalue weighted by atomic mass is 10.00. The third kappa shape index (κ3) is 2.65. The van der Waals surface area contributed by atoms with Gasteiger partial charge in [-0.1, -0.05) is 23.7 Å². The van der Waals surface area contributed by atoms with Gasteiger partial charge in [-0.25, -0.2) is 0 Å². The Balaban J connectivity index is 1.81. The lowest BCUT2D eigenvalue weighted by molar-refractivity contribution is 0.156. The first-order valence-corrected chi connectivity index (χ1v) is 6.92. The summed E-state index contributed by atoms with van der Waals surface area (Å²) >= 11 is 5.97. The highest BCUT2D eigenvalue weighted by Crippen LogP contribution is 2.44. The quantitative estimate of drug-likeness (QED) is 0.888. The third-order valence-corrected chi connectivity index (χ3v) is 4.08. The van der Waals surface area contributed by atoms with E-state index >= 15 is 0 Å². The fourth-order valence-electron chi connectivity index (χ4n) is 2.81. The Hall–Kier alpha value is -0.570. The van der Waals surface area contributed by atoms with E-state index in [1.54, 1.807) is 0 Å². The summed E-state index contributed by atoms with van der Waals surface area (Å²) < 4.78 is 0. The summed E-state index contributed by atoms with van der Waals surface area (Å²) in [6.45, 7) is 4.58. The average Bonchev–Trinajstić information content (AvgIpc) is 3.18. The highest BCUT2D eigenvalue weighted by molar-refractivity contribution is 6.30. The normalized spacial score (nSPS) is 23.6. The Labute approximate surface area is 108 Å². The van der Waals surface area contributed by atoms with Gasteiger partial charge in [0.1, 0.15) is 0 Å². The molecule has 0 spiro atoms. The molecule has 3 heteroatoms. The van der Waals surface area contributed by atoms with E-state index in [-0.39, 0.29) is 0 Å². The van der Waals surface area contributed by atoms with Gasteiger partial charge in [0.05, 0.1) is 0 Å². The summed E-state index contributed by atoms with van der Waals surface area (Å²) in [7, 11) is 0. The average molecular weight is 251 g/mol. The standard InChI is InChI=1S/C14H19ClN2/c15-13-5-3-12(4-6-13)14(11-1-2-11)17-9-7-16-8-10-17/h3-6,11,14,16H,1-2,7-10H2/t14-/m0/s1. The summed E-state index contributed by atoms with van der Waals surface area (Å²) in [6, 6.07) is 9.07. The van der Waals surface area contributed by atoms with Crippen LogP contribution < -0.4 is 5.32 Å². The van der Waals surface area contributed by atoms with Crippen LogP contribution in [0.25, 0.3) is 0 Å². The molecule has 2 aliphatic rings. The van der Waals surface area contributed by atoms with Gasteiger partial charge >= 0.3 is 0 Å². The number of hydrogen-bond acceptors (Lipinski definition) is 2. The van der Waals surface area contributed by atoms with E-state index in [0.29, 0.717) is 6.04 Å². The summed E-state index contributed by atoms with van der Waals surface area (Å²) in [5, 5.41) is 4.26. The van der Waals surface area contributed by atoms with Gasteiger partial charge in [0.2, 0.25) is 0 Å². The topological polar surface area (TPSA) is 15.3 Å². The van der Waals surface area contributed by atoms with Crippen LogP contribution in [0.4, 0.5) is 0 Å². The number of nitrogens with one attached hydrogen (secondary N) is 1. The van der Waals surface area contributed by atoms with Crippen LogP contribution in [0.2, 0.25) is 5.02 Å². The molecule has 1 aromatic rings. The van der Waals surface area contributed by atoms with Crippen molar-refractivity contribution in [1.29, 1.82) is 0 Å². The summed E-state index contributed by atoms with van der Waals surface area (Å²) in [5.41, 5.74) is 1.44. The minimum Gasteiger partial charge on any atom is -0.314 e. The highest BCUT2D eigenvalue weighted by atomic mass is 35.5. The van der Waals surface area contributed by atoms with Crippen molar-refractivity contribution in [2.24, 2.45) is 5.92 Å². The van der Waals surface area contributed by atoms with E-state index in [1.165, 1.54) is 31.5 Å². The molecule has 0 unspecified atom stereocenters. The zero-order valence-electron chi connectivity index (χ0n) is 10.0. The second kappa shape index (κ2) is 4.97. The molecular weight excluding hydrogens is 232 g/mol. The zero-order valence-corrected chi connectivity index (χ0v) is 10.8. The van der Waals surface area contributed by atoms with Gasteiger partial charge in [-0.2, -0.15) is 0 Å².